The van der Waals surface area contributed by atoms with E-state index in [1.165, 1.54) is 10.4 Å². The van der Waals surface area contributed by atoms with Gasteiger partial charge in [-0.1, -0.05) is 101 Å². The number of rotatable bonds is 11. The first-order valence-electron chi connectivity index (χ1n) is 14.6. The highest BCUT2D eigenvalue weighted by atomic mass is 28.4. The summed E-state index contributed by atoms with van der Waals surface area (Å²) in [7, 11) is 0.414. The Hall–Kier alpha value is -2.72. The zero-order valence-electron chi connectivity index (χ0n) is 25.8. The molecule has 1 aliphatic rings. The van der Waals surface area contributed by atoms with E-state index in [0.29, 0.717) is 18.1 Å². The second-order valence-corrected chi connectivity index (χ2v) is 16.5. The maximum atomic E-state index is 10.8. The average molecular weight is 595 g/mol. The summed E-state index contributed by atoms with van der Waals surface area (Å²) >= 11 is 0. The Kier molecular flexibility index (Phi) is 10.5. The monoisotopic (exact) mass is 594 g/mol. The van der Waals surface area contributed by atoms with Crippen LogP contribution in [0.15, 0.2) is 78.9 Å². The van der Waals surface area contributed by atoms with E-state index in [2.05, 4.69) is 76.2 Å². The van der Waals surface area contributed by atoms with Crippen LogP contribution in [0, 0.1) is 11.8 Å². The summed E-state index contributed by atoms with van der Waals surface area (Å²) in [6.07, 6.45) is -2.78. The number of methoxy groups -OCH3 is 2. The van der Waals surface area contributed by atoms with Crippen LogP contribution >= 0.6 is 0 Å². The van der Waals surface area contributed by atoms with Gasteiger partial charge in [0, 0.05) is 24.0 Å². The Morgan fingerprint density at radius 1 is 0.833 bits per heavy atom. The number of aliphatic hydroxyl groups excluding tert-OH is 2. The summed E-state index contributed by atoms with van der Waals surface area (Å²) in [5.74, 6) is 0.892. The lowest BCUT2D eigenvalue weighted by Crippen LogP contribution is -2.67. The molecule has 0 saturated carbocycles. The van der Waals surface area contributed by atoms with Gasteiger partial charge in [-0.15, -0.1) is 0 Å². The lowest BCUT2D eigenvalue weighted by molar-refractivity contribution is -0.299. The molecule has 0 aromatic heterocycles. The number of benzene rings is 3. The molecule has 7 nitrogen and oxygen atoms in total. The van der Waals surface area contributed by atoms with Crippen LogP contribution in [0.5, 0.6) is 11.5 Å². The Morgan fingerprint density at radius 3 is 1.88 bits per heavy atom. The van der Waals surface area contributed by atoms with E-state index >= 15 is 0 Å². The summed E-state index contributed by atoms with van der Waals surface area (Å²) < 4.78 is 31.0. The van der Waals surface area contributed by atoms with Crippen molar-refractivity contribution in [1.29, 1.82) is 0 Å². The zero-order chi connectivity index (χ0) is 30.5. The van der Waals surface area contributed by atoms with Crippen molar-refractivity contribution in [3.8, 4) is 11.5 Å². The van der Waals surface area contributed by atoms with E-state index in [4.69, 9.17) is 23.4 Å². The summed E-state index contributed by atoms with van der Waals surface area (Å²) in [6, 6.07) is 26.6. The van der Waals surface area contributed by atoms with E-state index in [1.807, 2.05) is 31.2 Å². The Balaban J connectivity index is 1.68. The number of aliphatic hydroxyl groups is 2. The molecule has 0 unspecified atom stereocenters. The predicted octanol–water partition coefficient (Wildman–Crippen LogP) is 4.69. The molecule has 0 bridgehead atoms. The molecule has 1 fully saturated rings. The molecule has 1 saturated heterocycles. The molecule has 1 heterocycles. The number of ether oxygens (including phenoxy) is 4. The molecule has 0 radical (unpaired) electrons. The van der Waals surface area contributed by atoms with Gasteiger partial charge in [0.05, 0.1) is 33.0 Å². The number of hydrogen-bond acceptors (Lipinski definition) is 7. The second kappa shape index (κ2) is 13.7. The van der Waals surface area contributed by atoms with Gasteiger partial charge in [-0.05, 0) is 27.5 Å². The molecule has 8 heteroatoms. The molecule has 1 aliphatic heterocycles. The first kappa shape index (κ1) is 32.2. The molecule has 3 aromatic carbocycles. The van der Waals surface area contributed by atoms with Gasteiger partial charge in [0.15, 0.2) is 17.8 Å². The smallest absolute Gasteiger partial charge is 0.261 e. The topological polar surface area (TPSA) is 86.6 Å². The lowest BCUT2D eigenvalue weighted by atomic mass is 9.86. The molecule has 0 amide bonds. The number of hydrogen-bond donors (Lipinski definition) is 2. The van der Waals surface area contributed by atoms with E-state index in [0.717, 1.165) is 5.56 Å². The molecule has 6 atom stereocenters. The molecule has 0 spiro atoms. The molecule has 2 N–H and O–H groups in total. The maximum Gasteiger partial charge on any atom is 0.261 e. The summed E-state index contributed by atoms with van der Waals surface area (Å²) in [4.78, 5) is 0. The second-order valence-electron chi connectivity index (χ2n) is 12.2. The van der Waals surface area contributed by atoms with Gasteiger partial charge in [-0.3, -0.25) is 0 Å². The highest BCUT2D eigenvalue weighted by molar-refractivity contribution is 6.99. The van der Waals surface area contributed by atoms with Crippen LogP contribution in [0.2, 0.25) is 5.04 Å². The van der Waals surface area contributed by atoms with Crippen LogP contribution in [0.3, 0.4) is 0 Å². The van der Waals surface area contributed by atoms with Gasteiger partial charge >= 0.3 is 0 Å². The Labute approximate surface area is 251 Å². The maximum absolute atomic E-state index is 10.8. The van der Waals surface area contributed by atoms with E-state index in [9.17, 15) is 10.2 Å². The van der Waals surface area contributed by atoms with Crippen LogP contribution < -0.4 is 19.8 Å². The minimum atomic E-state index is -2.75. The average Bonchev–Trinajstić information content (AvgIpc) is 3.01. The van der Waals surface area contributed by atoms with Crippen LogP contribution in [0.25, 0.3) is 0 Å². The van der Waals surface area contributed by atoms with Gasteiger partial charge in [0.1, 0.15) is 6.10 Å². The fourth-order valence-corrected chi connectivity index (χ4v) is 10.9. The standard InChI is InChI=1S/C34H46O7Si/c1-23(22-39-42(34(3,4)5,26-14-10-8-11-15-26)27-16-12-9-13-17-27)31-24(2)32(28(36)21-35)41-33(40-31)25-18-19-29(37-6)30(20-25)38-7/h8-20,23-24,28,31-33,35-36H,21-22H2,1-7H3/t23-,24-,28+,31+,32+,33+/m1/s1. The molecular weight excluding hydrogens is 548 g/mol. The van der Waals surface area contributed by atoms with Crippen molar-refractivity contribution in [2.24, 2.45) is 11.8 Å². The fourth-order valence-electron chi connectivity index (χ4n) is 6.22. The van der Waals surface area contributed by atoms with Crippen LogP contribution in [0.1, 0.15) is 46.5 Å². The normalized spacial score (nSPS) is 22.8. The fraction of sp³-hybridized carbons (Fsp3) is 0.471. The van der Waals surface area contributed by atoms with Crippen LogP contribution in [0.4, 0.5) is 0 Å². The predicted molar refractivity (Wildman–Crippen MR) is 167 cm³/mol. The largest absolute Gasteiger partial charge is 0.493 e. The van der Waals surface area contributed by atoms with E-state index in [1.54, 1.807) is 20.3 Å². The van der Waals surface area contributed by atoms with Gasteiger partial charge in [0.2, 0.25) is 0 Å². The Bertz CT molecular complexity index is 1220. The SMILES string of the molecule is COc1ccc([C@H]2O[C@@H]([C@H](C)CO[Si](c3ccccc3)(c3ccccc3)C(C)(C)C)[C@@H](C)[C@@H]([C@@H](O)CO)O2)cc1OC. The van der Waals surface area contributed by atoms with Crippen molar-refractivity contribution in [3.63, 3.8) is 0 Å². The quantitative estimate of drug-likeness (QED) is 0.312. The van der Waals surface area contributed by atoms with Gasteiger partial charge in [-0.25, -0.2) is 0 Å². The molecule has 0 aliphatic carbocycles. The van der Waals surface area contributed by atoms with Gasteiger partial charge in [0.25, 0.3) is 8.32 Å². The molecule has 42 heavy (non-hydrogen) atoms. The minimum Gasteiger partial charge on any atom is -0.493 e. The molecule has 4 rings (SSSR count). The highest BCUT2D eigenvalue weighted by Crippen LogP contribution is 2.41. The van der Waals surface area contributed by atoms with Crippen molar-refractivity contribution in [3.05, 3.63) is 84.4 Å². The van der Waals surface area contributed by atoms with Gasteiger partial charge < -0.3 is 33.6 Å². The van der Waals surface area contributed by atoms with Crippen LogP contribution in [-0.2, 0) is 13.9 Å². The minimum absolute atomic E-state index is 0.0541. The third kappa shape index (κ3) is 6.44. The Morgan fingerprint density at radius 2 is 1.38 bits per heavy atom. The van der Waals surface area contributed by atoms with Gasteiger partial charge in [-0.2, -0.15) is 0 Å². The zero-order valence-corrected chi connectivity index (χ0v) is 26.8. The molecular formula is C34H46O7Si. The van der Waals surface area contributed by atoms with E-state index in [-0.39, 0.29) is 23.0 Å². The summed E-state index contributed by atoms with van der Waals surface area (Å²) in [6.45, 7) is 10.9. The third-order valence-electron chi connectivity index (χ3n) is 8.38. The van der Waals surface area contributed by atoms with E-state index < -0.39 is 33.4 Å². The highest BCUT2D eigenvalue weighted by Gasteiger charge is 2.51. The lowest BCUT2D eigenvalue weighted by Gasteiger charge is -2.46. The molecule has 3 aromatic rings. The van der Waals surface area contributed by atoms with Crippen molar-refractivity contribution >= 4 is 18.7 Å². The first-order valence-corrected chi connectivity index (χ1v) is 16.5. The van der Waals surface area contributed by atoms with Crippen LogP contribution in [-0.4, -0.2) is 64.3 Å². The van der Waals surface area contributed by atoms with Crippen molar-refractivity contribution in [2.45, 2.75) is 64.3 Å². The van der Waals surface area contributed by atoms with Crippen molar-refractivity contribution in [2.75, 3.05) is 27.4 Å². The van der Waals surface area contributed by atoms with Crippen molar-refractivity contribution in [1.82, 2.24) is 0 Å². The first-order chi connectivity index (χ1) is 20.1. The van der Waals surface area contributed by atoms with Crippen molar-refractivity contribution < 1.29 is 33.6 Å². The molecule has 228 valence electrons. The summed E-state index contributed by atoms with van der Waals surface area (Å²) in [5, 5.41) is 22.9. The third-order valence-corrected chi connectivity index (χ3v) is 13.4. The summed E-state index contributed by atoms with van der Waals surface area (Å²) in [5.41, 5.74) is 0.736.